The van der Waals surface area contributed by atoms with Crippen LogP contribution in [0, 0.1) is 19.0 Å². The van der Waals surface area contributed by atoms with Crippen molar-refractivity contribution in [1.29, 1.82) is 0 Å². The van der Waals surface area contributed by atoms with Gasteiger partial charge in [0.2, 0.25) is 0 Å². The second-order valence-corrected chi connectivity index (χ2v) is 2.27. The topological polar surface area (TPSA) is 36.2 Å². The molecule has 0 fully saturated rings. The fourth-order valence-electron chi connectivity index (χ4n) is 0.341. The zero-order valence-corrected chi connectivity index (χ0v) is 9.88. The predicted molar refractivity (Wildman–Crippen MR) is 44.6 cm³/mol. The molecule has 0 saturated carbocycles. The molecule has 0 aromatic carbocycles. The van der Waals surface area contributed by atoms with Crippen molar-refractivity contribution < 1.29 is 32.7 Å². The van der Waals surface area contributed by atoms with Crippen LogP contribution in [-0.4, -0.2) is 12.3 Å². The van der Waals surface area contributed by atoms with Crippen molar-refractivity contribution in [3.8, 4) is 0 Å². The van der Waals surface area contributed by atoms with Crippen LogP contribution in [-0.2, 0) is 32.7 Å². The molecule has 2 nitrogen and oxygen atoms in total. The number of hydrogen-bond donors (Lipinski definition) is 0. The van der Waals surface area contributed by atoms with E-state index < -0.39 is 0 Å². The van der Waals surface area contributed by atoms with Gasteiger partial charge in [0, 0.05) is 0 Å². The maximum atomic E-state index is 6.97. The maximum Gasteiger partial charge on any atom is 3.00 e. The first-order chi connectivity index (χ1) is 4.70. The number of aliphatic imine (C=N–C) groups is 1. The molecule has 11 heavy (non-hydrogen) atoms. The van der Waals surface area contributed by atoms with Crippen molar-refractivity contribution >= 4 is 5.71 Å². The monoisotopic (exact) mass is 226 g/mol. The van der Waals surface area contributed by atoms with Crippen molar-refractivity contribution in [2.24, 2.45) is 10.9 Å². The van der Waals surface area contributed by atoms with Gasteiger partial charge in [-0.1, -0.05) is 19.8 Å². The molecule has 1 N–H and O–H groups in total. The average Bonchev–Trinajstić information content (AvgIpc) is 1.99. The van der Waals surface area contributed by atoms with Gasteiger partial charge in [0.05, 0.1) is 0 Å². The number of nitrogens with one attached hydrogen (secondary N) is 1. The Hall–Kier alpha value is 0.344. The molecule has 0 saturated heterocycles. The molecule has 0 aliphatic heterocycles. The van der Waals surface area contributed by atoms with Gasteiger partial charge in [-0.3, -0.25) is 6.58 Å². The Morgan fingerprint density at radius 2 is 2.36 bits per heavy atom. The summed E-state index contributed by atoms with van der Waals surface area (Å²) in [5.74, 6) is 0.217. The third kappa shape index (κ3) is 8.25. The summed E-state index contributed by atoms with van der Waals surface area (Å²) in [6.45, 7) is 11.1. The molecule has 0 amide bonds. The predicted octanol–water partition coefficient (Wildman–Crippen LogP) is 2.28. The largest absolute Gasteiger partial charge is 3.00 e. The van der Waals surface area contributed by atoms with Crippen molar-refractivity contribution in [1.82, 2.24) is 0 Å². The van der Waals surface area contributed by atoms with Crippen LogP contribution >= 0.6 is 0 Å². The van der Waals surface area contributed by atoms with Gasteiger partial charge in [0.1, 0.15) is 0 Å². The van der Waals surface area contributed by atoms with Gasteiger partial charge in [0.15, 0.2) is 0 Å². The SMILES string of the molecule is [CH-]=CC(C)=N[CH-]C(C)C[NH-].[Y+3]. The summed E-state index contributed by atoms with van der Waals surface area (Å²) in [5.41, 5.74) is 7.76. The van der Waals surface area contributed by atoms with E-state index >= 15 is 0 Å². The fourth-order valence-corrected chi connectivity index (χ4v) is 0.341. The van der Waals surface area contributed by atoms with Crippen LogP contribution in [0.25, 0.3) is 5.73 Å². The van der Waals surface area contributed by atoms with Crippen molar-refractivity contribution in [3.05, 3.63) is 24.9 Å². The standard InChI is InChI=1S/C8H13N2.Y/c1-4-8(3)10-6-7(2)5-9;/h1,4,6-7,9H,5H2,2-3H3;/q-3;+3. The molecule has 1 atom stereocenters. The van der Waals surface area contributed by atoms with Crippen molar-refractivity contribution in [3.63, 3.8) is 0 Å². The third-order valence-corrected chi connectivity index (χ3v) is 1.10. The summed E-state index contributed by atoms with van der Waals surface area (Å²) in [6.07, 6.45) is 1.45. The molecular formula is C8H13N2Y. The van der Waals surface area contributed by atoms with Crippen molar-refractivity contribution in [2.45, 2.75) is 13.8 Å². The fraction of sp³-hybridized carbons (Fsp3) is 0.500. The van der Waals surface area contributed by atoms with E-state index in [1.54, 1.807) is 6.54 Å². The molecule has 0 aliphatic rings. The summed E-state index contributed by atoms with van der Waals surface area (Å²) in [5, 5.41) is 0. The number of rotatable bonds is 4. The van der Waals surface area contributed by atoms with Gasteiger partial charge in [-0.05, 0) is 0 Å². The van der Waals surface area contributed by atoms with Gasteiger partial charge in [-0.25, -0.2) is 6.08 Å². The van der Waals surface area contributed by atoms with E-state index in [4.69, 9.17) is 12.3 Å². The quantitative estimate of drug-likeness (QED) is 0.521. The maximum absolute atomic E-state index is 6.97. The van der Waals surface area contributed by atoms with Gasteiger partial charge < -0.3 is 10.7 Å². The Bertz CT molecular complexity index is 132. The van der Waals surface area contributed by atoms with E-state index in [0.717, 1.165) is 5.71 Å². The van der Waals surface area contributed by atoms with E-state index in [9.17, 15) is 0 Å². The Morgan fingerprint density at radius 3 is 2.73 bits per heavy atom. The first-order valence-electron chi connectivity index (χ1n) is 3.28. The Balaban J connectivity index is 0. The van der Waals surface area contributed by atoms with Gasteiger partial charge in [0.25, 0.3) is 0 Å². The summed E-state index contributed by atoms with van der Waals surface area (Å²) >= 11 is 0. The van der Waals surface area contributed by atoms with Gasteiger partial charge in [-0.2, -0.15) is 6.54 Å². The number of hydrogen-bond acceptors (Lipinski definition) is 1. The summed E-state index contributed by atoms with van der Waals surface area (Å²) in [7, 11) is 0. The van der Waals surface area contributed by atoms with Crippen LogP contribution in [0.1, 0.15) is 13.8 Å². The molecule has 1 unspecified atom stereocenters. The first kappa shape index (κ1) is 13.9. The van der Waals surface area contributed by atoms with E-state index in [-0.39, 0.29) is 38.6 Å². The Labute approximate surface area is 94.2 Å². The van der Waals surface area contributed by atoms with Crippen molar-refractivity contribution in [2.75, 3.05) is 6.54 Å². The minimum atomic E-state index is 0. The molecular weight excluding hydrogens is 213 g/mol. The van der Waals surface area contributed by atoms with Crippen LogP contribution < -0.4 is 0 Å². The minimum Gasteiger partial charge on any atom is -0.678 e. The molecule has 0 rings (SSSR count). The Morgan fingerprint density at radius 1 is 1.82 bits per heavy atom. The average molecular weight is 226 g/mol. The van der Waals surface area contributed by atoms with E-state index in [0.29, 0.717) is 6.54 Å². The second kappa shape index (κ2) is 8.44. The van der Waals surface area contributed by atoms with Crippen LogP contribution in [0.4, 0.5) is 0 Å². The molecule has 0 aliphatic carbocycles. The van der Waals surface area contributed by atoms with Crippen LogP contribution in [0.3, 0.4) is 0 Å². The molecule has 0 radical (unpaired) electrons. The summed E-state index contributed by atoms with van der Waals surface area (Å²) < 4.78 is 0. The molecule has 0 aromatic heterocycles. The second-order valence-electron chi connectivity index (χ2n) is 2.27. The molecule has 0 bridgehead atoms. The molecule has 0 spiro atoms. The van der Waals surface area contributed by atoms with Gasteiger partial charge >= 0.3 is 32.7 Å². The molecule has 0 aromatic rings. The number of allylic oxidation sites excluding steroid dienone is 1. The van der Waals surface area contributed by atoms with Crippen LogP contribution in [0.15, 0.2) is 11.1 Å². The van der Waals surface area contributed by atoms with Gasteiger partial charge in [-0.15, -0.1) is 12.3 Å². The smallest absolute Gasteiger partial charge is 0.678 e. The molecule has 0 heterocycles. The first-order valence-corrected chi connectivity index (χ1v) is 3.28. The molecule has 3 heteroatoms. The zero-order valence-electron chi connectivity index (χ0n) is 7.04. The minimum absolute atomic E-state index is 0. The summed E-state index contributed by atoms with van der Waals surface area (Å²) in [6, 6.07) is 0. The normalized spacial score (nSPS) is 13.2. The molecule has 58 valence electrons. The summed E-state index contributed by atoms with van der Waals surface area (Å²) in [4.78, 5) is 4.00. The van der Waals surface area contributed by atoms with Crippen LogP contribution in [0.5, 0.6) is 0 Å². The Kier molecular flexibility index (Phi) is 10.7. The number of nitrogens with zero attached hydrogens (tertiary/aromatic N) is 1. The van der Waals surface area contributed by atoms with E-state index in [1.165, 1.54) is 6.08 Å². The van der Waals surface area contributed by atoms with E-state index in [2.05, 4.69) is 4.99 Å². The van der Waals surface area contributed by atoms with Crippen LogP contribution in [0.2, 0.25) is 0 Å². The van der Waals surface area contributed by atoms with E-state index in [1.807, 2.05) is 13.8 Å². The third-order valence-electron chi connectivity index (χ3n) is 1.10. The zero-order chi connectivity index (χ0) is 7.98.